The Kier molecular flexibility index (Phi) is 4.34. The summed E-state index contributed by atoms with van der Waals surface area (Å²) in [6.07, 6.45) is 1.20. The van der Waals surface area contributed by atoms with Gasteiger partial charge in [-0.1, -0.05) is 0 Å². The molecule has 0 saturated carbocycles. The molecule has 1 atom stereocenters. The molecule has 0 bridgehead atoms. The van der Waals surface area contributed by atoms with Crippen LogP contribution in [0.2, 0.25) is 0 Å². The fraction of sp³-hybridized carbons (Fsp3) is 0.538. The van der Waals surface area contributed by atoms with E-state index in [1.807, 2.05) is 7.05 Å². The summed E-state index contributed by atoms with van der Waals surface area (Å²) in [5.41, 5.74) is 0. The standard InChI is InChI=1S/C13H19FN2O/c1-15-12-6-7-16(10-12)8-9-17-13-4-2-11(14)3-5-13/h2-5,12,15H,6-10H2,1H3. The molecular formula is C13H19FN2O. The van der Waals surface area contributed by atoms with Crippen molar-refractivity contribution in [3.63, 3.8) is 0 Å². The van der Waals surface area contributed by atoms with E-state index in [0.717, 1.165) is 25.4 Å². The van der Waals surface area contributed by atoms with Crippen LogP contribution in [0, 0.1) is 5.82 Å². The molecule has 1 aliphatic rings. The van der Waals surface area contributed by atoms with Gasteiger partial charge < -0.3 is 10.1 Å². The van der Waals surface area contributed by atoms with Gasteiger partial charge in [-0.2, -0.15) is 0 Å². The molecular weight excluding hydrogens is 219 g/mol. The molecule has 1 aromatic carbocycles. The summed E-state index contributed by atoms with van der Waals surface area (Å²) in [6.45, 7) is 3.79. The molecule has 94 valence electrons. The average Bonchev–Trinajstić information content (AvgIpc) is 2.80. The van der Waals surface area contributed by atoms with Gasteiger partial charge in [-0.05, 0) is 44.3 Å². The van der Waals surface area contributed by atoms with Crippen molar-refractivity contribution in [1.82, 2.24) is 10.2 Å². The van der Waals surface area contributed by atoms with Crippen LogP contribution in [-0.2, 0) is 0 Å². The van der Waals surface area contributed by atoms with Crippen LogP contribution in [0.4, 0.5) is 4.39 Å². The minimum atomic E-state index is -0.228. The SMILES string of the molecule is CNC1CCN(CCOc2ccc(F)cc2)C1. The van der Waals surface area contributed by atoms with Gasteiger partial charge in [0.25, 0.3) is 0 Å². The van der Waals surface area contributed by atoms with Crippen LogP contribution in [0.15, 0.2) is 24.3 Å². The monoisotopic (exact) mass is 238 g/mol. The van der Waals surface area contributed by atoms with E-state index < -0.39 is 0 Å². The second-order valence-corrected chi connectivity index (χ2v) is 4.38. The number of hydrogen-bond donors (Lipinski definition) is 1. The number of halogens is 1. The van der Waals surface area contributed by atoms with Gasteiger partial charge in [0, 0.05) is 19.1 Å². The number of hydrogen-bond acceptors (Lipinski definition) is 3. The van der Waals surface area contributed by atoms with Crippen molar-refractivity contribution in [2.75, 3.05) is 33.3 Å². The predicted octanol–water partition coefficient (Wildman–Crippen LogP) is 1.50. The molecule has 0 spiro atoms. The number of likely N-dealkylation sites (tertiary alicyclic amines) is 1. The van der Waals surface area contributed by atoms with Crippen molar-refractivity contribution in [3.05, 3.63) is 30.1 Å². The Morgan fingerprint density at radius 2 is 2.18 bits per heavy atom. The molecule has 0 aliphatic carbocycles. The first-order valence-electron chi connectivity index (χ1n) is 6.06. The van der Waals surface area contributed by atoms with Gasteiger partial charge in [0.05, 0.1) is 0 Å². The van der Waals surface area contributed by atoms with Crippen LogP contribution < -0.4 is 10.1 Å². The number of ether oxygens (including phenoxy) is 1. The van der Waals surface area contributed by atoms with Gasteiger partial charge in [0.1, 0.15) is 18.2 Å². The lowest BCUT2D eigenvalue weighted by molar-refractivity contribution is 0.235. The van der Waals surface area contributed by atoms with E-state index in [1.165, 1.54) is 18.6 Å². The summed E-state index contributed by atoms with van der Waals surface area (Å²) < 4.78 is 18.2. The average molecular weight is 238 g/mol. The van der Waals surface area contributed by atoms with E-state index in [-0.39, 0.29) is 5.82 Å². The highest BCUT2D eigenvalue weighted by Gasteiger charge is 2.20. The topological polar surface area (TPSA) is 24.5 Å². The van der Waals surface area contributed by atoms with Crippen LogP contribution in [0.25, 0.3) is 0 Å². The van der Waals surface area contributed by atoms with Crippen molar-refractivity contribution in [1.29, 1.82) is 0 Å². The highest BCUT2D eigenvalue weighted by atomic mass is 19.1. The summed E-state index contributed by atoms with van der Waals surface area (Å²) in [6, 6.07) is 6.77. The molecule has 4 heteroatoms. The highest BCUT2D eigenvalue weighted by molar-refractivity contribution is 5.21. The zero-order valence-corrected chi connectivity index (χ0v) is 10.2. The Morgan fingerprint density at radius 3 is 2.82 bits per heavy atom. The fourth-order valence-electron chi connectivity index (χ4n) is 2.09. The zero-order chi connectivity index (χ0) is 12.1. The highest BCUT2D eigenvalue weighted by Crippen LogP contribution is 2.12. The Bertz CT molecular complexity index is 342. The Morgan fingerprint density at radius 1 is 1.41 bits per heavy atom. The molecule has 1 saturated heterocycles. The van der Waals surface area contributed by atoms with Gasteiger partial charge in [-0.15, -0.1) is 0 Å². The largest absolute Gasteiger partial charge is 0.492 e. The van der Waals surface area contributed by atoms with Crippen molar-refractivity contribution in [2.24, 2.45) is 0 Å². The number of nitrogens with zero attached hydrogens (tertiary/aromatic N) is 1. The number of benzene rings is 1. The van der Waals surface area contributed by atoms with E-state index >= 15 is 0 Å². The van der Waals surface area contributed by atoms with Gasteiger partial charge >= 0.3 is 0 Å². The third-order valence-corrected chi connectivity index (χ3v) is 3.17. The van der Waals surface area contributed by atoms with E-state index in [1.54, 1.807) is 12.1 Å². The third-order valence-electron chi connectivity index (χ3n) is 3.17. The minimum Gasteiger partial charge on any atom is -0.492 e. The lowest BCUT2D eigenvalue weighted by Crippen LogP contribution is -2.31. The molecule has 1 aromatic rings. The lowest BCUT2D eigenvalue weighted by Gasteiger charge is -2.16. The fourth-order valence-corrected chi connectivity index (χ4v) is 2.09. The molecule has 3 nitrogen and oxygen atoms in total. The summed E-state index contributed by atoms with van der Waals surface area (Å²) in [5.74, 6) is 0.504. The maximum absolute atomic E-state index is 12.7. The normalized spacial score (nSPS) is 20.7. The van der Waals surface area contributed by atoms with Crippen molar-refractivity contribution in [2.45, 2.75) is 12.5 Å². The number of nitrogens with one attached hydrogen (secondary N) is 1. The first-order valence-corrected chi connectivity index (χ1v) is 6.06. The predicted molar refractivity (Wildman–Crippen MR) is 65.8 cm³/mol. The van der Waals surface area contributed by atoms with Crippen LogP contribution >= 0.6 is 0 Å². The minimum absolute atomic E-state index is 0.228. The summed E-state index contributed by atoms with van der Waals surface area (Å²) >= 11 is 0. The number of rotatable bonds is 5. The molecule has 2 rings (SSSR count). The molecule has 1 heterocycles. The van der Waals surface area contributed by atoms with Gasteiger partial charge in [-0.25, -0.2) is 4.39 Å². The molecule has 1 unspecified atom stereocenters. The van der Waals surface area contributed by atoms with Crippen LogP contribution in [0.1, 0.15) is 6.42 Å². The molecule has 17 heavy (non-hydrogen) atoms. The molecule has 0 aromatic heterocycles. The van der Waals surface area contributed by atoms with Gasteiger partial charge in [-0.3, -0.25) is 4.90 Å². The maximum atomic E-state index is 12.7. The Balaban J connectivity index is 1.68. The quantitative estimate of drug-likeness (QED) is 0.841. The first-order chi connectivity index (χ1) is 8.28. The Hall–Kier alpha value is -1.13. The smallest absolute Gasteiger partial charge is 0.123 e. The lowest BCUT2D eigenvalue weighted by atomic mass is 10.3. The summed E-state index contributed by atoms with van der Waals surface area (Å²) in [4.78, 5) is 2.38. The molecule has 0 radical (unpaired) electrons. The summed E-state index contributed by atoms with van der Waals surface area (Å²) in [7, 11) is 2.00. The molecule has 1 N–H and O–H groups in total. The third kappa shape index (κ3) is 3.68. The molecule has 1 fully saturated rings. The van der Waals surface area contributed by atoms with Gasteiger partial charge in [0.15, 0.2) is 0 Å². The van der Waals surface area contributed by atoms with E-state index in [4.69, 9.17) is 4.74 Å². The van der Waals surface area contributed by atoms with E-state index in [2.05, 4.69) is 10.2 Å². The molecule has 1 aliphatic heterocycles. The van der Waals surface area contributed by atoms with E-state index in [9.17, 15) is 4.39 Å². The second kappa shape index (κ2) is 5.98. The second-order valence-electron chi connectivity index (χ2n) is 4.38. The maximum Gasteiger partial charge on any atom is 0.123 e. The van der Waals surface area contributed by atoms with Gasteiger partial charge in [0.2, 0.25) is 0 Å². The van der Waals surface area contributed by atoms with Crippen molar-refractivity contribution < 1.29 is 9.13 Å². The van der Waals surface area contributed by atoms with Crippen LogP contribution in [-0.4, -0.2) is 44.2 Å². The molecule has 0 amide bonds. The van der Waals surface area contributed by atoms with Crippen molar-refractivity contribution in [3.8, 4) is 5.75 Å². The Labute approximate surface area is 102 Å². The van der Waals surface area contributed by atoms with E-state index in [0.29, 0.717) is 12.6 Å². The summed E-state index contributed by atoms with van der Waals surface area (Å²) in [5, 5.41) is 3.28. The van der Waals surface area contributed by atoms with Crippen LogP contribution in [0.3, 0.4) is 0 Å². The first kappa shape index (κ1) is 12.3. The zero-order valence-electron chi connectivity index (χ0n) is 10.2. The van der Waals surface area contributed by atoms with Crippen molar-refractivity contribution >= 4 is 0 Å². The van der Waals surface area contributed by atoms with Crippen LogP contribution in [0.5, 0.6) is 5.75 Å². The number of likely N-dealkylation sites (N-methyl/N-ethyl adjacent to an activating group) is 1.